The summed E-state index contributed by atoms with van der Waals surface area (Å²) < 4.78 is 6.57. The van der Waals surface area contributed by atoms with E-state index in [0.717, 1.165) is 37.7 Å². The van der Waals surface area contributed by atoms with E-state index < -0.39 is 0 Å². The standard InChI is InChI=1S/C19H15BrN2O2S2/c1-24-13-8-7-12(20)11-9-15-17(16(11)13)21-19(26-15)22-18(23)10-5-3-4-6-14(10)25-2/h3-8H,9H2,1-2H3,(H,21,22,23). The van der Waals surface area contributed by atoms with Gasteiger partial charge in [-0.15, -0.1) is 23.1 Å². The molecule has 3 aromatic rings. The number of hydrogen-bond acceptors (Lipinski definition) is 5. The lowest BCUT2D eigenvalue weighted by atomic mass is 10.1. The average Bonchev–Trinajstić information content (AvgIpc) is 3.20. The summed E-state index contributed by atoms with van der Waals surface area (Å²) in [5, 5.41) is 3.56. The Hall–Kier alpha value is -1.83. The topological polar surface area (TPSA) is 51.2 Å². The lowest BCUT2D eigenvalue weighted by molar-refractivity contribution is 0.102. The number of thiazole rings is 1. The molecule has 1 N–H and O–H groups in total. The minimum atomic E-state index is -0.135. The van der Waals surface area contributed by atoms with Crippen molar-refractivity contribution in [2.24, 2.45) is 0 Å². The maximum Gasteiger partial charge on any atom is 0.258 e. The minimum absolute atomic E-state index is 0.135. The number of anilines is 1. The third kappa shape index (κ3) is 2.94. The van der Waals surface area contributed by atoms with Crippen LogP contribution in [0.15, 0.2) is 45.8 Å². The molecule has 1 aliphatic carbocycles. The first kappa shape index (κ1) is 17.6. The molecular formula is C19H15BrN2O2S2. The van der Waals surface area contributed by atoms with E-state index >= 15 is 0 Å². The van der Waals surface area contributed by atoms with Crippen LogP contribution in [0.3, 0.4) is 0 Å². The Morgan fingerprint density at radius 1 is 1.31 bits per heavy atom. The minimum Gasteiger partial charge on any atom is -0.496 e. The van der Waals surface area contributed by atoms with Gasteiger partial charge < -0.3 is 4.74 Å². The molecule has 1 aromatic heterocycles. The van der Waals surface area contributed by atoms with Crippen LogP contribution in [-0.2, 0) is 6.42 Å². The second-order valence-electron chi connectivity index (χ2n) is 5.73. The highest BCUT2D eigenvalue weighted by Crippen LogP contribution is 2.48. The number of benzene rings is 2. The van der Waals surface area contributed by atoms with Crippen molar-refractivity contribution in [1.29, 1.82) is 0 Å². The summed E-state index contributed by atoms with van der Waals surface area (Å²) in [4.78, 5) is 19.4. The molecule has 0 atom stereocenters. The molecule has 1 amide bonds. The summed E-state index contributed by atoms with van der Waals surface area (Å²) in [6.45, 7) is 0. The first-order chi connectivity index (χ1) is 12.6. The Labute approximate surface area is 168 Å². The van der Waals surface area contributed by atoms with Gasteiger partial charge in [-0.2, -0.15) is 0 Å². The van der Waals surface area contributed by atoms with Crippen molar-refractivity contribution in [3.63, 3.8) is 0 Å². The van der Waals surface area contributed by atoms with E-state index in [4.69, 9.17) is 4.74 Å². The van der Waals surface area contributed by atoms with Gasteiger partial charge in [0, 0.05) is 26.2 Å². The molecule has 1 heterocycles. The number of nitrogens with zero attached hydrogens (tertiary/aromatic N) is 1. The van der Waals surface area contributed by atoms with E-state index in [1.165, 1.54) is 16.9 Å². The molecule has 1 aliphatic rings. The van der Waals surface area contributed by atoms with Gasteiger partial charge in [0.2, 0.25) is 0 Å². The Balaban J connectivity index is 1.66. The Morgan fingerprint density at radius 2 is 2.12 bits per heavy atom. The highest BCUT2D eigenvalue weighted by Gasteiger charge is 2.29. The summed E-state index contributed by atoms with van der Waals surface area (Å²) in [7, 11) is 1.66. The van der Waals surface area contributed by atoms with Crippen molar-refractivity contribution >= 4 is 50.1 Å². The fourth-order valence-corrected chi connectivity index (χ4v) is 5.12. The molecule has 132 valence electrons. The number of halogens is 1. The smallest absolute Gasteiger partial charge is 0.258 e. The van der Waals surface area contributed by atoms with Gasteiger partial charge in [0.25, 0.3) is 5.91 Å². The van der Waals surface area contributed by atoms with Gasteiger partial charge >= 0.3 is 0 Å². The summed E-state index contributed by atoms with van der Waals surface area (Å²) in [5.41, 5.74) is 3.76. The Kier molecular flexibility index (Phi) is 4.77. The maximum atomic E-state index is 12.7. The number of carbonyl (C=O) groups is 1. The van der Waals surface area contributed by atoms with Crippen LogP contribution in [0, 0.1) is 0 Å². The van der Waals surface area contributed by atoms with E-state index in [2.05, 4.69) is 26.2 Å². The van der Waals surface area contributed by atoms with Gasteiger partial charge in [-0.3, -0.25) is 10.1 Å². The van der Waals surface area contributed by atoms with Gasteiger partial charge in [-0.25, -0.2) is 4.98 Å². The number of amides is 1. The normalized spacial score (nSPS) is 11.8. The number of ether oxygens (including phenoxy) is 1. The molecule has 0 saturated carbocycles. The quantitative estimate of drug-likeness (QED) is 0.422. The number of hydrogen-bond donors (Lipinski definition) is 1. The molecule has 26 heavy (non-hydrogen) atoms. The average molecular weight is 447 g/mol. The molecule has 0 fully saturated rings. The van der Waals surface area contributed by atoms with Crippen molar-refractivity contribution in [2.75, 3.05) is 18.7 Å². The molecule has 4 rings (SSSR count). The SMILES string of the molecule is COc1ccc(Br)c2c1-c1nc(NC(=O)c3ccccc3SC)sc1C2. The first-order valence-corrected chi connectivity index (χ1v) is 10.8. The van der Waals surface area contributed by atoms with Gasteiger partial charge in [0.15, 0.2) is 5.13 Å². The molecule has 4 nitrogen and oxygen atoms in total. The predicted octanol–water partition coefficient (Wildman–Crippen LogP) is 5.46. The van der Waals surface area contributed by atoms with Crippen molar-refractivity contribution in [3.8, 4) is 17.0 Å². The molecule has 0 unspecified atom stereocenters. The zero-order chi connectivity index (χ0) is 18.3. The lowest BCUT2D eigenvalue weighted by Gasteiger charge is -2.09. The number of nitrogens with one attached hydrogen (secondary N) is 1. The molecule has 0 bridgehead atoms. The van der Waals surface area contributed by atoms with Crippen molar-refractivity contribution in [1.82, 2.24) is 4.98 Å². The van der Waals surface area contributed by atoms with E-state index in [9.17, 15) is 4.79 Å². The van der Waals surface area contributed by atoms with Crippen LogP contribution >= 0.6 is 39.0 Å². The van der Waals surface area contributed by atoms with Crippen molar-refractivity contribution < 1.29 is 9.53 Å². The van der Waals surface area contributed by atoms with Gasteiger partial charge in [-0.1, -0.05) is 28.1 Å². The van der Waals surface area contributed by atoms with Gasteiger partial charge in [0.05, 0.1) is 18.4 Å². The monoisotopic (exact) mass is 446 g/mol. The summed E-state index contributed by atoms with van der Waals surface area (Å²) in [6, 6.07) is 11.5. The van der Waals surface area contributed by atoms with Crippen LogP contribution < -0.4 is 10.1 Å². The number of fused-ring (bicyclic) bond motifs is 3. The third-order valence-corrected chi connectivity index (χ3v) is 6.79. The van der Waals surface area contributed by atoms with Crippen molar-refractivity contribution in [3.05, 3.63) is 56.9 Å². The largest absolute Gasteiger partial charge is 0.496 e. The van der Waals surface area contributed by atoms with Crippen LogP contribution in [0.4, 0.5) is 5.13 Å². The number of methoxy groups -OCH3 is 1. The summed E-state index contributed by atoms with van der Waals surface area (Å²) in [5.74, 6) is 0.668. The second kappa shape index (κ2) is 7.06. The number of aromatic nitrogens is 1. The highest BCUT2D eigenvalue weighted by molar-refractivity contribution is 9.10. The maximum absolute atomic E-state index is 12.7. The summed E-state index contributed by atoms with van der Waals surface area (Å²) in [6.07, 6.45) is 2.75. The molecule has 0 saturated heterocycles. The number of carbonyl (C=O) groups excluding carboxylic acids is 1. The van der Waals surface area contributed by atoms with E-state index in [1.54, 1.807) is 18.9 Å². The molecule has 0 radical (unpaired) electrons. The van der Waals surface area contributed by atoms with Gasteiger partial charge in [-0.05, 0) is 36.1 Å². The second-order valence-corrected chi connectivity index (χ2v) is 8.51. The molecule has 2 aromatic carbocycles. The van der Waals surface area contributed by atoms with E-state index in [-0.39, 0.29) is 5.91 Å². The fourth-order valence-electron chi connectivity index (χ4n) is 3.08. The first-order valence-electron chi connectivity index (χ1n) is 7.92. The van der Waals surface area contributed by atoms with Crippen LogP contribution in [-0.4, -0.2) is 24.3 Å². The van der Waals surface area contributed by atoms with E-state index in [1.807, 2.05) is 42.7 Å². The van der Waals surface area contributed by atoms with E-state index in [0.29, 0.717) is 10.7 Å². The summed E-state index contributed by atoms with van der Waals surface area (Å²) >= 11 is 6.68. The zero-order valence-corrected chi connectivity index (χ0v) is 17.3. The fraction of sp³-hybridized carbons (Fsp3) is 0.158. The molecule has 7 heteroatoms. The molecular weight excluding hydrogens is 432 g/mol. The van der Waals surface area contributed by atoms with Crippen LogP contribution in [0.5, 0.6) is 5.75 Å². The van der Waals surface area contributed by atoms with Gasteiger partial charge in [0.1, 0.15) is 5.75 Å². The molecule has 0 spiro atoms. The van der Waals surface area contributed by atoms with Crippen LogP contribution in [0.1, 0.15) is 20.8 Å². The van der Waals surface area contributed by atoms with Crippen LogP contribution in [0.25, 0.3) is 11.3 Å². The highest BCUT2D eigenvalue weighted by atomic mass is 79.9. The lowest BCUT2D eigenvalue weighted by Crippen LogP contribution is -2.12. The Morgan fingerprint density at radius 3 is 2.88 bits per heavy atom. The van der Waals surface area contributed by atoms with Crippen molar-refractivity contribution in [2.45, 2.75) is 11.3 Å². The molecule has 0 aliphatic heterocycles. The zero-order valence-electron chi connectivity index (χ0n) is 14.1. The third-order valence-electron chi connectivity index (χ3n) is 4.28. The Bertz CT molecular complexity index is 1020. The number of rotatable bonds is 4. The number of thioether (sulfide) groups is 1. The van der Waals surface area contributed by atoms with Crippen LogP contribution in [0.2, 0.25) is 0 Å². The predicted molar refractivity (Wildman–Crippen MR) is 111 cm³/mol.